The Labute approximate surface area is 268 Å². The van der Waals surface area contributed by atoms with E-state index in [1.807, 2.05) is 0 Å². The van der Waals surface area contributed by atoms with Crippen LogP contribution in [-0.4, -0.2) is 74.5 Å². The minimum Gasteiger partial charge on any atom is -0.478 e. The smallest absolute Gasteiger partial charge is 0.328 e. The number of carbonyl (C=O) groups is 6. The molecule has 0 aromatic heterocycles. The minimum absolute atomic E-state index is 0.00341. The van der Waals surface area contributed by atoms with Gasteiger partial charge in [-0.05, 0) is 61.6 Å². The fraction of sp³-hybridized carbons (Fsp3) is 0.625. The molecule has 3 saturated carbocycles. The quantitative estimate of drug-likeness (QED) is 0.261. The maximum absolute atomic E-state index is 18.0. The van der Waals surface area contributed by atoms with Crippen LogP contribution in [0.3, 0.4) is 0 Å². The first kappa shape index (κ1) is 37.0. The lowest BCUT2D eigenvalue weighted by atomic mass is 9.44. The Morgan fingerprint density at radius 3 is 2.13 bits per heavy atom. The zero-order valence-electron chi connectivity index (χ0n) is 26.2. The van der Waals surface area contributed by atoms with Gasteiger partial charge < -0.3 is 19.7 Å². The molecule has 9 atom stereocenters. The summed E-state index contributed by atoms with van der Waals surface area (Å²) in [5, 5.41) is 14.9. The zero-order valence-corrected chi connectivity index (χ0v) is 27.0. The average molecular weight is 673 g/mol. The maximum Gasteiger partial charge on any atom is 0.328 e. The van der Waals surface area contributed by atoms with Crippen molar-refractivity contribution in [2.45, 2.75) is 90.3 Å². The van der Waals surface area contributed by atoms with E-state index in [9.17, 15) is 33.2 Å². The third-order valence-corrected chi connectivity index (χ3v) is 10.8. The number of thioether (sulfide) groups is 1. The topological polar surface area (TPSA) is 161 Å². The van der Waals surface area contributed by atoms with E-state index in [0.717, 1.165) is 6.08 Å². The van der Waals surface area contributed by atoms with Crippen molar-refractivity contribution in [3.8, 4) is 0 Å². The molecule has 4 rings (SSSR count). The Balaban J connectivity index is 0.000000637. The predicted molar refractivity (Wildman–Crippen MR) is 159 cm³/mol. The second-order valence-electron chi connectivity index (χ2n) is 12.4. The van der Waals surface area contributed by atoms with Gasteiger partial charge in [-0.3, -0.25) is 19.2 Å². The summed E-state index contributed by atoms with van der Waals surface area (Å²) in [7, 11) is 0. The summed E-state index contributed by atoms with van der Waals surface area (Å²) in [5.41, 5.74) is -6.99. The molecule has 0 spiro atoms. The zero-order chi connectivity index (χ0) is 34.8. The monoisotopic (exact) mass is 672 g/mol. The van der Waals surface area contributed by atoms with Gasteiger partial charge in [-0.1, -0.05) is 33.8 Å². The van der Waals surface area contributed by atoms with E-state index >= 15 is 8.78 Å². The summed E-state index contributed by atoms with van der Waals surface area (Å²) >= 11 is 0.388. The Kier molecular flexibility index (Phi) is 11.1. The molecule has 0 unspecified atom stereocenters. The van der Waals surface area contributed by atoms with Gasteiger partial charge in [0, 0.05) is 47.7 Å². The van der Waals surface area contributed by atoms with Crippen molar-refractivity contribution < 1.29 is 61.6 Å². The largest absolute Gasteiger partial charge is 0.478 e. The molecule has 10 nitrogen and oxygen atoms in total. The van der Waals surface area contributed by atoms with Gasteiger partial charge in [0.2, 0.25) is 5.12 Å². The van der Waals surface area contributed by atoms with Crippen LogP contribution in [-0.2, 0) is 38.2 Å². The summed E-state index contributed by atoms with van der Waals surface area (Å²) in [6, 6.07) is -1.04. The molecular formula is C32H39F3O10S. The number of hydrogen-bond donors (Lipinski definition) is 2. The molecule has 0 aromatic carbocycles. The van der Waals surface area contributed by atoms with Gasteiger partial charge in [-0.15, -0.1) is 0 Å². The number of fused-ring (bicyclic) bond motifs is 5. The van der Waals surface area contributed by atoms with Crippen LogP contribution in [0.5, 0.6) is 0 Å². The molecule has 0 aliphatic heterocycles. The third kappa shape index (κ3) is 6.04. The third-order valence-electron chi connectivity index (χ3n) is 10.1. The Hall–Kier alpha value is -3.42. The summed E-state index contributed by atoms with van der Waals surface area (Å²) in [5.74, 6) is -6.63. The molecule has 3 fully saturated rings. The van der Waals surface area contributed by atoms with E-state index in [1.165, 1.54) is 19.1 Å². The summed E-state index contributed by atoms with van der Waals surface area (Å²) in [6.45, 7) is 8.05. The van der Waals surface area contributed by atoms with Crippen molar-refractivity contribution in [3.05, 3.63) is 36.0 Å². The van der Waals surface area contributed by atoms with Crippen molar-refractivity contribution in [2.24, 2.45) is 28.6 Å². The van der Waals surface area contributed by atoms with Gasteiger partial charge in [0.25, 0.3) is 0 Å². The molecular weight excluding hydrogens is 633 g/mol. The molecule has 0 bridgehead atoms. The first-order valence-corrected chi connectivity index (χ1v) is 15.9. The lowest BCUT2D eigenvalue weighted by Gasteiger charge is -2.63. The van der Waals surface area contributed by atoms with Crippen molar-refractivity contribution in [1.29, 1.82) is 0 Å². The van der Waals surface area contributed by atoms with Crippen molar-refractivity contribution in [3.63, 3.8) is 0 Å². The lowest BCUT2D eigenvalue weighted by molar-refractivity contribution is -0.237. The van der Waals surface area contributed by atoms with Crippen LogP contribution in [0.2, 0.25) is 0 Å². The second kappa shape index (κ2) is 13.7. The molecule has 0 aromatic rings. The number of halogens is 3. The normalized spacial score (nSPS) is 37.5. The highest BCUT2D eigenvalue weighted by atomic mass is 32.2. The van der Waals surface area contributed by atoms with Crippen LogP contribution < -0.4 is 0 Å². The number of ketones is 1. The number of carboxylic acid groups (broad SMARTS) is 2. The molecule has 2 N–H and O–H groups in total. The Morgan fingerprint density at radius 1 is 1.02 bits per heavy atom. The van der Waals surface area contributed by atoms with Gasteiger partial charge in [-0.2, -0.15) is 0 Å². The number of aliphatic carboxylic acids is 2. The van der Waals surface area contributed by atoms with Crippen LogP contribution in [0, 0.1) is 28.6 Å². The summed E-state index contributed by atoms with van der Waals surface area (Å²) in [6.07, 6.45) is 1.38. The average Bonchev–Trinajstić information content (AvgIpc) is 3.21. The number of carbonyl (C=O) groups excluding carboxylic acids is 4. The van der Waals surface area contributed by atoms with Crippen molar-refractivity contribution in [1.82, 2.24) is 0 Å². The highest BCUT2D eigenvalue weighted by Crippen LogP contribution is 2.72. The second-order valence-corrected chi connectivity index (χ2v) is 13.3. The number of esters is 2. The molecule has 254 valence electrons. The van der Waals surface area contributed by atoms with E-state index in [2.05, 4.69) is 0 Å². The molecule has 46 heavy (non-hydrogen) atoms. The van der Waals surface area contributed by atoms with E-state index in [-0.39, 0.29) is 37.7 Å². The van der Waals surface area contributed by atoms with Crippen molar-refractivity contribution in [2.75, 3.05) is 6.01 Å². The lowest BCUT2D eigenvalue weighted by Crippen LogP contribution is -2.71. The Bertz CT molecular complexity index is 1360. The van der Waals surface area contributed by atoms with E-state index in [1.54, 1.807) is 27.7 Å². The van der Waals surface area contributed by atoms with Crippen LogP contribution in [0.1, 0.15) is 66.7 Å². The highest BCUT2D eigenvalue weighted by molar-refractivity contribution is 8.13. The number of alkyl halides is 3. The Morgan fingerprint density at radius 2 is 1.61 bits per heavy atom. The van der Waals surface area contributed by atoms with Crippen LogP contribution in [0.4, 0.5) is 13.2 Å². The minimum atomic E-state index is -2.31. The predicted octanol–water partition coefficient (Wildman–Crippen LogP) is 5.10. The number of hydrogen-bond acceptors (Lipinski definition) is 9. The molecule has 4 aliphatic rings. The van der Waals surface area contributed by atoms with Crippen LogP contribution >= 0.6 is 11.8 Å². The van der Waals surface area contributed by atoms with Gasteiger partial charge in [0.05, 0.1) is 0 Å². The van der Waals surface area contributed by atoms with E-state index in [0.29, 0.717) is 23.9 Å². The first-order chi connectivity index (χ1) is 21.4. The van der Waals surface area contributed by atoms with Crippen LogP contribution in [0.15, 0.2) is 36.0 Å². The summed E-state index contributed by atoms with van der Waals surface area (Å²) in [4.78, 5) is 70.1. The molecule has 0 radical (unpaired) electrons. The standard InChI is InChI=1S/C28H35F3O6S.C4H4O4/c1-6-22(33)36-21-13-26(5)17(10-15(3)28(26,24(35)38-14-29)37-23(34)7-2)18-12-20(30)19-11-16(32)8-9-25(19,4)27(18,21)31;5-3(6)1-2-4(7)8/h8-9,11,15,17-18,20-21H,6-7,10,12-14H2,1-5H3;1-2H,(H,5,6)(H,7,8)/b;2-1+/t15-,17+,18+,20+,21+,25+,26+,27+,28+;/m1./s1. The molecule has 14 heteroatoms. The van der Waals surface area contributed by atoms with Gasteiger partial charge in [0.1, 0.15) is 18.3 Å². The molecule has 4 aliphatic carbocycles. The highest BCUT2D eigenvalue weighted by Gasteiger charge is 2.79. The van der Waals surface area contributed by atoms with Crippen molar-refractivity contribution >= 4 is 46.5 Å². The molecule has 0 amide bonds. The first-order valence-electron chi connectivity index (χ1n) is 15.0. The number of rotatable bonds is 8. The maximum atomic E-state index is 18.0. The van der Waals surface area contributed by atoms with Gasteiger partial charge >= 0.3 is 23.9 Å². The molecule has 0 saturated heterocycles. The van der Waals surface area contributed by atoms with E-state index in [4.69, 9.17) is 19.7 Å². The van der Waals surface area contributed by atoms with Gasteiger partial charge in [0.15, 0.2) is 17.1 Å². The fourth-order valence-electron chi connectivity index (χ4n) is 8.10. The number of allylic oxidation sites excluding steroid dienone is 4. The van der Waals surface area contributed by atoms with E-state index < -0.39 is 92.9 Å². The SMILES string of the molecule is CCC(=O)O[C@H]1C[C@@]2(C)[C@@H](C[C@@H](C)[C@]2(OC(=O)CC)C(=O)SCF)[C@@H]2C[C@H](F)C3=CC(=O)C=C[C@]3(C)[C@@]12F.O=C(O)/C=C/C(=O)O. The summed E-state index contributed by atoms with van der Waals surface area (Å²) < 4.78 is 58.9. The molecule has 0 heterocycles. The van der Waals surface area contributed by atoms with Gasteiger partial charge in [-0.25, -0.2) is 22.8 Å². The number of carboxylic acids is 2. The number of ether oxygens (including phenoxy) is 2. The van der Waals surface area contributed by atoms with Crippen LogP contribution in [0.25, 0.3) is 0 Å². The fourth-order valence-corrected chi connectivity index (χ4v) is 8.89.